The fourth-order valence-corrected chi connectivity index (χ4v) is 3.89. The zero-order valence-corrected chi connectivity index (χ0v) is 16.4. The number of fused-ring (bicyclic) bond motifs is 2. The summed E-state index contributed by atoms with van der Waals surface area (Å²) in [6.07, 6.45) is 0. The molecule has 0 aliphatic rings. The van der Waals surface area contributed by atoms with Gasteiger partial charge in [-0.15, -0.1) is 0 Å². The van der Waals surface area contributed by atoms with Gasteiger partial charge in [0.1, 0.15) is 0 Å². The Morgan fingerprint density at radius 2 is 1.68 bits per heavy atom. The predicted molar refractivity (Wildman–Crippen MR) is 115 cm³/mol. The Morgan fingerprint density at radius 3 is 2.39 bits per heavy atom. The molecule has 0 fully saturated rings. The van der Waals surface area contributed by atoms with Gasteiger partial charge in [-0.3, -0.25) is 14.2 Å². The lowest BCUT2D eigenvalue weighted by atomic mass is 10.1. The molecule has 28 heavy (non-hydrogen) atoms. The number of rotatable bonds is 4. The van der Waals surface area contributed by atoms with E-state index in [1.54, 1.807) is 14.0 Å². The first-order valence-electron chi connectivity index (χ1n) is 8.95. The molecule has 0 radical (unpaired) electrons. The molecule has 4 rings (SSSR count). The fourth-order valence-electron chi connectivity index (χ4n) is 3.02. The molecular weight excluding hydrogens is 370 g/mol. The van der Waals surface area contributed by atoms with Gasteiger partial charge in [-0.1, -0.05) is 54.2 Å². The van der Waals surface area contributed by atoms with Gasteiger partial charge in [0.25, 0.3) is 5.56 Å². The molecule has 1 aromatic heterocycles. The average Bonchev–Trinajstić information content (AvgIpc) is 2.71. The topological polar surface area (TPSA) is 64.0 Å². The summed E-state index contributed by atoms with van der Waals surface area (Å²) in [5.41, 5.74) is 1.26. The van der Waals surface area contributed by atoms with E-state index in [0.717, 1.165) is 16.5 Å². The first-order chi connectivity index (χ1) is 13.5. The molecule has 5 nitrogen and oxygen atoms in total. The third-order valence-electron chi connectivity index (χ3n) is 4.59. The second-order valence-corrected chi connectivity index (χ2v) is 7.90. The summed E-state index contributed by atoms with van der Waals surface area (Å²) >= 11 is 1.27. The monoisotopic (exact) mass is 389 g/mol. The number of anilines is 1. The van der Waals surface area contributed by atoms with Crippen molar-refractivity contribution < 1.29 is 4.79 Å². The van der Waals surface area contributed by atoms with E-state index in [1.165, 1.54) is 16.3 Å². The van der Waals surface area contributed by atoms with Crippen molar-refractivity contribution in [3.8, 4) is 0 Å². The Balaban J connectivity index is 1.66. The van der Waals surface area contributed by atoms with E-state index in [-0.39, 0.29) is 11.5 Å². The van der Waals surface area contributed by atoms with Crippen LogP contribution in [0, 0.1) is 0 Å². The maximum atomic E-state index is 12.8. The quantitative estimate of drug-likeness (QED) is 0.323. The van der Waals surface area contributed by atoms with E-state index in [0.29, 0.717) is 16.1 Å². The van der Waals surface area contributed by atoms with Crippen LogP contribution in [0.4, 0.5) is 5.69 Å². The molecule has 0 unspecified atom stereocenters. The summed E-state index contributed by atoms with van der Waals surface area (Å²) in [7, 11) is 1.69. The standard InChI is InChI=1S/C22H19N3O2S/c1-14(20(26)23-17-10-4-3-5-11-17)28-22-24-19-13-16-9-7-6-8-15(16)12-18(19)21(27)25(22)2/h3-14H,1-2H3,(H,23,26)/t14-/m1/s1. The molecule has 0 bridgehead atoms. The van der Waals surface area contributed by atoms with Gasteiger partial charge in [-0.2, -0.15) is 0 Å². The number of hydrogen-bond donors (Lipinski definition) is 1. The zero-order valence-electron chi connectivity index (χ0n) is 15.5. The minimum Gasteiger partial charge on any atom is -0.325 e. The lowest BCUT2D eigenvalue weighted by Crippen LogP contribution is -2.25. The van der Waals surface area contributed by atoms with Crippen molar-refractivity contribution in [1.29, 1.82) is 0 Å². The number of para-hydroxylation sites is 1. The number of thioether (sulfide) groups is 1. The number of carbonyl (C=O) groups excluding carboxylic acids is 1. The number of amides is 1. The van der Waals surface area contributed by atoms with Crippen molar-refractivity contribution in [3.63, 3.8) is 0 Å². The first-order valence-corrected chi connectivity index (χ1v) is 9.83. The highest BCUT2D eigenvalue weighted by Gasteiger charge is 2.18. The highest BCUT2D eigenvalue weighted by Crippen LogP contribution is 2.25. The van der Waals surface area contributed by atoms with E-state index in [9.17, 15) is 9.59 Å². The van der Waals surface area contributed by atoms with Crippen LogP contribution in [0.3, 0.4) is 0 Å². The second kappa shape index (κ2) is 7.48. The summed E-state index contributed by atoms with van der Waals surface area (Å²) in [6.45, 7) is 1.81. The Hall–Kier alpha value is -3.12. The van der Waals surface area contributed by atoms with Crippen LogP contribution in [0.2, 0.25) is 0 Å². The van der Waals surface area contributed by atoms with Gasteiger partial charge in [-0.25, -0.2) is 4.98 Å². The number of aromatic nitrogens is 2. The molecule has 0 spiro atoms. The van der Waals surface area contributed by atoms with Gasteiger partial charge < -0.3 is 5.32 Å². The summed E-state index contributed by atoms with van der Waals surface area (Å²) in [5.74, 6) is -0.135. The van der Waals surface area contributed by atoms with E-state index < -0.39 is 5.25 Å². The van der Waals surface area contributed by atoms with Crippen molar-refractivity contribution in [2.24, 2.45) is 7.05 Å². The molecule has 1 N–H and O–H groups in total. The Morgan fingerprint density at radius 1 is 1.04 bits per heavy atom. The summed E-state index contributed by atoms with van der Waals surface area (Å²) in [5, 5.41) is 5.60. The molecule has 6 heteroatoms. The van der Waals surface area contributed by atoms with Crippen molar-refractivity contribution in [1.82, 2.24) is 9.55 Å². The summed E-state index contributed by atoms with van der Waals surface area (Å²) in [4.78, 5) is 30.0. The van der Waals surface area contributed by atoms with Crippen molar-refractivity contribution in [2.45, 2.75) is 17.3 Å². The molecule has 0 aliphatic heterocycles. The largest absolute Gasteiger partial charge is 0.325 e. The number of benzene rings is 3. The maximum Gasteiger partial charge on any atom is 0.261 e. The van der Waals surface area contributed by atoms with Gasteiger partial charge >= 0.3 is 0 Å². The number of nitrogens with zero attached hydrogens (tertiary/aromatic N) is 2. The molecule has 1 amide bonds. The van der Waals surface area contributed by atoms with Gasteiger partial charge in [-0.05, 0) is 42.0 Å². The average molecular weight is 389 g/mol. The van der Waals surface area contributed by atoms with E-state index in [2.05, 4.69) is 10.3 Å². The molecule has 140 valence electrons. The third-order valence-corrected chi connectivity index (χ3v) is 5.74. The van der Waals surface area contributed by atoms with Crippen LogP contribution in [0.5, 0.6) is 0 Å². The smallest absolute Gasteiger partial charge is 0.261 e. The fraction of sp³-hybridized carbons (Fsp3) is 0.136. The van der Waals surface area contributed by atoms with Crippen LogP contribution in [0.1, 0.15) is 6.92 Å². The summed E-state index contributed by atoms with van der Waals surface area (Å²) < 4.78 is 1.51. The number of carbonyl (C=O) groups is 1. The SMILES string of the molecule is C[C@@H](Sc1nc2cc3ccccc3cc2c(=O)n1C)C(=O)Nc1ccccc1. The lowest BCUT2D eigenvalue weighted by molar-refractivity contribution is -0.115. The van der Waals surface area contributed by atoms with Crippen molar-refractivity contribution in [3.05, 3.63) is 77.1 Å². The Labute approximate surface area is 166 Å². The van der Waals surface area contributed by atoms with Crippen LogP contribution in [-0.2, 0) is 11.8 Å². The molecule has 1 heterocycles. The van der Waals surface area contributed by atoms with Crippen LogP contribution in [-0.4, -0.2) is 20.7 Å². The van der Waals surface area contributed by atoms with E-state index in [1.807, 2.05) is 66.7 Å². The van der Waals surface area contributed by atoms with Crippen molar-refractivity contribution >= 4 is 45.0 Å². The predicted octanol–water partition coefficient (Wildman–Crippen LogP) is 4.21. The third kappa shape index (κ3) is 3.51. The van der Waals surface area contributed by atoms with Crippen LogP contribution < -0.4 is 10.9 Å². The number of hydrogen-bond acceptors (Lipinski definition) is 4. The molecule has 0 saturated heterocycles. The van der Waals surface area contributed by atoms with Crippen LogP contribution in [0.25, 0.3) is 21.7 Å². The van der Waals surface area contributed by atoms with Crippen LogP contribution >= 0.6 is 11.8 Å². The molecule has 1 atom stereocenters. The van der Waals surface area contributed by atoms with E-state index in [4.69, 9.17) is 0 Å². The molecule has 3 aromatic carbocycles. The minimum atomic E-state index is -0.406. The van der Waals surface area contributed by atoms with Gasteiger partial charge in [0.15, 0.2) is 5.16 Å². The Bertz CT molecular complexity index is 1240. The van der Waals surface area contributed by atoms with Gasteiger partial charge in [0.2, 0.25) is 5.91 Å². The Kier molecular flexibility index (Phi) is 4.88. The molecule has 0 saturated carbocycles. The van der Waals surface area contributed by atoms with Gasteiger partial charge in [0.05, 0.1) is 16.2 Å². The zero-order chi connectivity index (χ0) is 19.7. The molecule has 4 aromatic rings. The van der Waals surface area contributed by atoms with Gasteiger partial charge in [0, 0.05) is 12.7 Å². The minimum absolute atomic E-state index is 0.117. The molecular formula is C22H19N3O2S. The lowest BCUT2D eigenvalue weighted by Gasteiger charge is -2.14. The first kappa shape index (κ1) is 18.3. The highest BCUT2D eigenvalue weighted by molar-refractivity contribution is 8.00. The maximum absolute atomic E-state index is 12.8. The molecule has 0 aliphatic carbocycles. The number of nitrogens with one attached hydrogen (secondary N) is 1. The normalized spacial score (nSPS) is 12.2. The van der Waals surface area contributed by atoms with Crippen LogP contribution in [0.15, 0.2) is 76.7 Å². The summed E-state index contributed by atoms with van der Waals surface area (Å²) in [6, 6.07) is 21.0. The van der Waals surface area contributed by atoms with E-state index >= 15 is 0 Å². The highest BCUT2D eigenvalue weighted by atomic mass is 32.2. The second-order valence-electron chi connectivity index (χ2n) is 6.59. The van der Waals surface area contributed by atoms with Crippen molar-refractivity contribution in [2.75, 3.05) is 5.32 Å².